The van der Waals surface area contributed by atoms with E-state index in [0.717, 1.165) is 43.0 Å². The Morgan fingerprint density at radius 2 is 1.78 bits per heavy atom. The number of nitrogens with one attached hydrogen (secondary N) is 1. The summed E-state index contributed by atoms with van der Waals surface area (Å²) in [5.74, 6) is 1.64. The van der Waals surface area contributed by atoms with Crippen LogP contribution in [0.2, 0.25) is 0 Å². The Morgan fingerprint density at radius 3 is 2.48 bits per heavy atom. The number of benzene rings is 2. The van der Waals surface area contributed by atoms with E-state index >= 15 is 0 Å². The van der Waals surface area contributed by atoms with Gasteiger partial charge in [0.15, 0.2) is 11.5 Å². The van der Waals surface area contributed by atoms with E-state index in [2.05, 4.69) is 41.7 Å². The summed E-state index contributed by atoms with van der Waals surface area (Å²) in [5, 5.41) is 3.50. The molecule has 2 aromatic rings. The average molecular weight is 313 g/mol. The minimum Gasteiger partial charge on any atom is -0.493 e. The predicted molar refractivity (Wildman–Crippen MR) is 95.2 cm³/mol. The fourth-order valence-corrected chi connectivity index (χ4v) is 2.52. The lowest BCUT2D eigenvalue weighted by Crippen LogP contribution is -2.17. The van der Waals surface area contributed by atoms with E-state index in [9.17, 15) is 0 Å². The van der Waals surface area contributed by atoms with Crippen molar-refractivity contribution in [3.8, 4) is 11.5 Å². The first-order valence-corrected chi connectivity index (χ1v) is 8.28. The molecule has 23 heavy (non-hydrogen) atoms. The van der Waals surface area contributed by atoms with E-state index in [0.29, 0.717) is 0 Å². The van der Waals surface area contributed by atoms with Crippen molar-refractivity contribution >= 4 is 0 Å². The van der Waals surface area contributed by atoms with Crippen LogP contribution in [0.15, 0.2) is 48.5 Å². The summed E-state index contributed by atoms with van der Waals surface area (Å²) in [4.78, 5) is 0. The van der Waals surface area contributed by atoms with Crippen molar-refractivity contribution < 1.29 is 9.47 Å². The largest absolute Gasteiger partial charge is 0.493 e. The van der Waals surface area contributed by atoms with Gasteiger partial charge in [0, 0.05) is 12.1 Å². The molecule has 3 nitrogen and oxygen atoms in total. The third-order valence-electron chi connectivity index (χ3n) is 3.61. The summed E-state index contributed by atoms with van der Waals surface area (Å²) in [6.07, 6.45) is 2.35. The predicted octanol–water partition coefficient (Wildman–Crippen LogP) is 4.20. The highest BCUT2D eigenvalue weighted by atomic mass is 16.5. The van der Waals surface area contributed by atoms with Gasteiger partial charge >= 0.3 is 0 Å². The van der Waals surface area contributed by atoms with Gasteiger partial charge in [0.05, 0.1) is 13.2 Å². The van der Waals surface area contributed by atoms with Crippen LogP contribution < -0.4 is 14.8 Å². The maximum Gasteiger partial charge on any atom is 0.166 e. The molecular formula is C20H27NO2. The average Bonchev–Trinajstić information content (AvgIpc) is 2.56. The first-order valence-electron chi connectivity index (χ1n) is 8.28. The third kappa shape index (κ3) is 5.61. The van der Waals surface area contributed by atoms with Gasteiger partial charge in [0.1, 0.15) is 0 Å². The van der Waals surface area contributed by atoms with Gasteiger partial charge in [-0.05, 0) is 44.9 Å². The number of methoxy groups -OCH3 is 1. The Morgan fingerprint density at radius 1 is 1.00 bits per heavy atom. The minimum absolute atomic E-state index is 0.128. The lowest BCUT2D eigenvalue weighted by Gasteiger charge is -2.17. The molecular weight excluding hydrogens is 286 g/mol. The van der Waals surface area contributed by atoms with E-state index in [1.807, 2.05) is 26.0 Å². The third-order valence-corrected chi connectivity index (χ3v) is 3.61. The van der Waals surface area contributed by atoms with Crippen LogP contribution in [0, 0.1) is 0 Å². The molecule has 0 radical (unpaired) electrons. The van der Waals surface area contributed by atoms with Crippen molar-refractivity contribution in [1.82, 2.24) is 5.32 Å². The van der Waals surface area contributed by atoms with Crippen molar-refractivity contribution in [1.29, 1.82) is 0 Å². The van der Waals surface area contributed by atoms with Crippen LogP contribution in [0.3, 0.4) is 0 Å². The second-order valence-electron chi connectivity index (χ2n) is 5.88. The summed E-state index contributed by atoms with van der Waals surface area (Å²) in [7, 11) is 1.68. The Kier molecular flexibility index (Phi) is 6.95. The number of ether oxygens (including phenoxy) is 2. The first-order chi connectivity index (χ1) is 11.2. The van der Waals surface area contributed by atoms with Crippen LogP contribution in [0.5, 0.6) is 11.5 Å². The first kappa shape index (κ1) is 17.4. The van der Waals surface area contributed by atoms with E-state index < -0.39 is 0 Å². The van der Waals surface area contributed by atoms with Crippen LogP contribution >= 0.6 is 0 Å². The monoisotopic (exact) mass is 313 g/mol. The maximum atomic E-state index is 5.93. The summed E-state index contributed by atoms with van der Waals surface area (Å²) in [6, 6.07) is 16.6. The highest BCUT2D eigenvalue weighted by Crippen LogP contribution is 2.31. The quantitative estimate of drug-likeness (QED) is 0.704. The molecule has 0 bridgehead atoms. The van der Waals surface area contributed by atoms with E-state index in [1.54, 1.807) is 7.11 Å². The fourth-order valence-electron chi connectivity index (χ4n) is 2.52. The zero-order valence-corrected chi connectivity index (χ0v) is 14.3. The van der Waals surface area contributed by atoms with Gasteiger partial charge in [0.2, 0.25) is 0 Å². The lowest BCUT2D eigenvalue weighted by atomic mass is 10.1. The Bertz CT molecular complexity index is 581. The second kappa shape index (κ2) is 9.21. The van der Waals surface area contributed by atoms with Crippen LogP contribution in [0.25, 0.3) is 0 Å². The van der Waals surface area contributed by atoms with E-state index in [1.165, 1.54) is 5.56 Å². The molecule has 3 heteroatoms. The number of hydrogen-bond donors (Lipinski definition) is 1. The molecule has 0 aromatic heterocycles. The number of rotatable bonds is 9. The molecule has 124 valence electrons. The normalized spacial score (nSPS) is 10.8. The zero-order chi connectivity index (χ0) is 16.5. The number of aryl methyl sites for hydroxylation is 1. The van der Waals surface area contributed by atoms with E-state index in [-0.39, 0.29) is 6.10 Å². The van der Waals surface area contributed by atoms with Crippen molar-refractivity contribution in [3.05, 3.63) is 59.7 Å². The molecule has 0 aliphatic heterocycles. The van der Waals surface area contributed by atoms with Crippen LogP contribution in [0.1, 0.15) is 31.4 Å². The lowest BCUT2D eigenvalue weighted by molar-refractivity contribution is 0.227. The fraction of sp³-hybridized carbons (Fsp3) is 0.400. The standard InChI is InChI=1S/C20H27NO2/c1-16(2)23-20-18(12-7-13-19(20)22-3)15-21-14-8-11-17-9-5-4-6-10-17/h4-7,9-10,12-13,16,21H,8,11,14-15H2,1-3H3. The van der Waals surface area contributed by atoms with Crippen LogP contribution in [0.4, 0.5) is 0 Å². The van der Waals surface area contributed by atoms with Gasteiger partial charge < -0.3 is 14.8 Å². The molecule has 0 aliphatic carbocycles. The molecule has 0 fully saturated rings. The highest BCUT2D eigenvalue weighted by Gasteiger charge is 2.11. The Balaban J connectivity index is 1.85. The molecule has 2 rings (SSSR count). The zero-order valence-electron chi connectivity index (χ0n) is 14.3. The van der Waals surface area contributed by atoms with Crippen molar-refractivity contribution in [2.24, 2.45) is 0 Å². The molecule has 0 unspecified atom stereocenters. The molecule has 0 heterocycles. The number of hydrogen-bond acceptors (Lipinski definition) is 3. The van der Waals surface area contributed by atoms with Crippen molar-refractivity contribution in [3.63, 3.8) is 0 Å². The molecule has 0 atom stereocenters. The molecule has 0 saturated heterocycles. The van der Waals surface area contributed by atoms with Crippen molar-refractivity contribution in [2.45, 2.75) is 39.3 Å². The van der Waals surface area contributed by atoms with Crippen LogP contribution in [-0.2, 0) is 13.0 Å². The summed E-state index contributed by atoms with van der Waals surface area (Å²) < 4.78 is 11.3. The van der Waals surface area contributed by atoms with Gasteiger partial charge in [-0.15, -0.1) is 0 Å². The summed E-state index contributed by atoms with van der Waals surface area (Å²) in [6.45, 7) is 5.83. The van der Waals surface area contributed by atoms with Crippen molar-refractivity contribution in [2.75, 3.05) is 13.7 Å². The van der Waals surface area contributed by atoms with E-state index in [4.69, 9.17) is 9.47 Å². The Hall–Kier alpha value is -2.00. The SMILES string of the molecule is COc1cccc(CNCCCc2ccccc2)c1OC(C)C. The highest BCUT2D eigenvalue weighted by molar-refractivity contribution is 5.46. The van der Waals surface area contributed by atoms with Gasteiger partial charge in [-0.1, -0.05) is 42.5 Å². The van der Waals surface area contributed by atoms with Gasteiger partial charge in [-0.2, -0.15) is 0 Å². The second-order valence-corrected chi connectivity index (χ2v) is 5.88. The summed E-state index contributed by atoms with van der Waals surface area (Å²) in [5.41, 5.74) is 2.53. The molecule has 0 aliphatic rings. The van der Waals surface area contributed by atoms with Crippen LogP contribution in [-0.4, -0.2) is 19.8 Å². The maximum absolute atomic E-state index is 5.93. The molecule has 0 saturated carbocycles. The number of para-hydroxylation sites is 1. The van der Waals surface area contributed by atoms with Gasteiger partial charge in [-0.25, -0.2) is 0 Å². The Labute approximate surface area is 139 Å². The van der Waals surface area contributed by atoms with Gasteiger partial charge in [-0.3, -0.25) is 0 Å². The minimum atomic E-state index is 0.128. The topological polar surface area (TPSA) is 30.5 Å². The smallest absolute Gasteiger partial charge is 0.166 e. The molecule has 0 amide bonds. The molecule has 1 N–H and O–H groups in total. The van der Waals surface area contributed by atoms with Gasteiger partial charge in [0.25, 0.3) is 0 Å². The molecule has 2 aromatic carbocycles. The molecule has 0 spiro atoms. The summed E-state index contributed by atoms with van der Waals surface area (Å²) >= 11 is 0.